The van der Waals surface area contributed by atoms with Gasteiger partial charge in [-0.2, -0.15) is 0 Å². The molecule has 0 amide bonds. The molecule has 0 aliphatic rings. The van der Waals surface area contributed by atoms with Crippen molar-refractivity contribution in [1.82, 2.24) is 0 Å². The van der Waals surface area contributed by atoms with Crippen LogP contribution in [0, 0.1) is 0 Å². The van der Waals surface area contributed by atoms with Crippen molar-refractivity contribution in [1.29, 1.82) is 0 Å². The topological polar surface area (TPSA) is 53.7 Å². The molecular weight excluding hydrogens is 250 g/mol. The van der Waals surface area contributed by atoms with Crippen LogP contribution < -0.4 is 15.2 Å². The quantitative estimate of drug-likeness (QED) is 0.578. The molecule has 5 heteroatoms. The van der Waals surface area contributed by atoms with Crippen molar-refractivity contribution in [2.24, 2.45) is 5.73 Å². The van der Waals surface area contributed by atoms with Crippen molar-refractivity contribution in [2.45, 2.75) is 11.3 Å². The molecule has 0 fully saturated rings. The molecule has 0 atom stereocenters. The molecule has 102 valence electrons. The molecule has 0 unspecified atom stereocenters. The van der Waals surface area contributed by atoms with Gasteiger partial charge in [0.15, 0.2) is 0 Å². The minimum atomic E-state index is 0.593. The van der Waals surface area contributed by atoms with Crippen LogP contribution in [0.1, 0.15) is 5.56 Å². The largest absolute Gasteiger partial charge is 0.496 e. The van der Waals surface area contributed by atoms with Gasteiger partial charge in [0, 0.05) is 12.9 Å². The second kappa shape index (κ2) is 8.24. The standard InChI is InChI=1S/C13H21NO3S/c1-15-6-7-18-13-9-11(16-2)10(4-5-14)8-12(13)17-3/h8-9H,4-7,14H2,1-3H3. The number of ether oxygens (including phenoxy) is 3. The van der Waals surface area contributed by atoms with Crippen LogP contribution in [0.15, 0.2) is 17.0 Å². The Kier molecular flexibility index (Phi) is 6.93. The first-order valence-electron chi connectivity index (χ1n) is 5.83. The monoisotopic (exact) mass is 271 g/mol. The van der Waals surface area contributed by atoms with Gasteiger partial charge in [-0.25, -0.2) is 0 Å². The molecule has 1 aromatic rings. The zero-order valence-electron chi connectivity index (χ0n) is 11.2. The highest BCUT2D eigenvalue weighted by molar-refractivity contribution is 7.99. The maximum absolute atomic E-state index is 5.59. The Morgan fingerprint density at radius 3 is 2.39 bits per heavy atom. The van der Waals surface area contributed by atoms with Gasteiger partial charge in [-0.3, -0.25) is 0 Å². The van der Waals surface area contributed by atoms with Crippen LogP contribution in [0.3, 0.4) is 0 Å². The Morgan fingerprint density at radius 1 is 1.11 bits per heavy atom. The van der Waals surface area contributed by atoms with Crippen LogP contribution >= 0.6 is 11.8 Å². The molecule has 0 bridgehead atoms. The maximum Gasteiger partial charge on any atom is 0.132 e. The van der Waals surface area contributed by atoms with Gasteiger partial charge < -0.3 is 19.9 Å². The average molecular weight is 271 g/mol. The van der Waals surface area contributed by atoms with E-state index in [1.54, 1.807) is 33.1 Å². The van der Waals surface area contributed by atoms with Crippen LogP contribution in [0.25, 0.3) is 0 Å². The summed E-state index contributed by atoms with van der Waals surface area (Å²) in [6.07, 6.45) is 0.780. The number of benzene rings is 1. The van der Waals surface area contributed by atoms with Crippen LogP contribution in [-0.4, -0.2) is 40.2 Å². The second-order valence-corrected chi connectivity index (χ2v) is 4.83. The molecule has 2 N–H and O–H groups in total. The van der Waals surface area contributed by atoms with E-state index in [9.17, 15) is 0 Å². The Hall–Kier alpha value is -0.910. The van der Waals surface area contributed by atoms with Gasteiger partial charge in [-0.05, 0) is 30.7 Å². The van der Waals surface area contributed by atoms with Crippen molar-refractivity contribution >= 4 is 11.8 Å². The van der Waals surface area contributed by atoms with Gasteiger partial charge in [0.25, 0.3) is 0 Å². The van der Waals surface area contributed by atoms with Crippen molar-refractivity contribution in [3.63, 3.8) is 0 Å². The van der Waals surface area contributed by atoms with Gasteiger partial charge in [-0.1, -0.05) is 0 Å². The van der Waals surface area contributed by atoms with E-state index in [2.05, 4.69) is 0 Å². The lowest BCUT2D eigenvalue weighted by Crippen LogP contribution is -2.05. The van der Waals surface area contributed by atoms with Crippen molar-refractivity contribution in [3.05, 3.63) is 17.7 Å². The lowest BCUT2D eigenvalue weighted by atomic mass is 10.1. The number of thioether (sulfide) groups is 1. The van der Waals surface area contributed by atoms with E-state index in [0.29, 0.717) is 13.2 Å². The summed E-state index contributed by atoms with van der Waals surface area (Å²) in [6, 6.07) is 4.00. The third-order valence-electron chi connectivity index (χ3n) is 2.53. The minimum absolute atomic E-state index is 0.593. The van der Waals surface area contributed by atoms with E-state index in [-0.39, 0.29) is 0 Å². The van der Waals surface area contributed by atoms with Crippen molar-refractivity contribution in [2.75, 3.05) is 40.2 Å². The molecule has 1 rings (SSSR count). The Bertz CT molecular complexity index is 371. The van der Waals surface area contributed by atoms with Gasteiger partial charge in [0.1, 0.15) is 11.5 Å². The number of rotatable bonds is 8. The third-order valence-corrected chi connectivity index (χ3v) is 3.53. The molecule has 4 nitrogen and oxygen atoms in total. The highest BCUT2D eigenvalue weighted by Gasteiger charge is 2.11. The van der Waals surface area contributed by atoms with Crippen LogP contribution in [0.5, 0.6) is 11.5 Å². The van der Waals surface area contributed by atoms with Crippen LogP contribution in [0.2, 0.25) is 0 Å². The summed E-state index contributed by atoms with van der Waals surface area (Å²) in [7, 11) is 5.04. The van der Waals surface area contributed by atoms with E-state index >= 15 is 0 Å². The zero-order chi connectivity index (χ0) is 13.4. The van der Waals surface area contributed by atoms with Gasteiger partial charge in [0.05, 0.1) is 25.7 Å². The summed E-state index contributed by atoms with van der Waals surface area (Å²) in [4.78, 5) is 1.06. The fourth-order valence-corrected chi connectivity index (χ4v) is 2.58. The molecule has 0 saturated carbocycles. The van der Waals surface area contributed by atoms with Gasteiger partial charge in [0.2, 0.25) is 0 Å². The average Bonchev–Trinajstić information content (AvgIpc) is 2.40. The zero-order valence-corrected chi connectivity index (χ0v) is 12.0. The summed E-state index contributed by atoms with van der Waals surface area (Å²) < 4.78 is 15.8. The number of methoxy groups -OCH3 is 3. The molecular formula is C13H21NO3S. The van der Waals surface area contributed by atoms with E-state index in [4.69, 9.17) is 19.9 Å². The first-order chi connectivity index (χ1) is 8.76. The summed E-state index contributed by atoms with van der Waals surface area (Å²) in [5, 5.41) is 0. The van der Waals surface area contributed by atoms with E-state index in [0.717, 1.165) is 34.1 Å². The summed E-state index contributed by atoms with van der Waals surface area (Å²) >= 11 is 1.69. The van der Waals surface area contributed by atoms with Gasteiger partial charge >= 0.3 is 0 Å². The van der Waals surface area contributed by atoms with Crippen molar-refractivity contribution in [3.8, 4) is 11.5 Å². The molecule has 1 aromatic carbocycles. The summed E-state index contributed by atoms with van der Waals surface area (Å²) in [5.41, 5.74) is 6.67. The first kappa shape index (κ1) is 15.1. The molecule has 0 radical (unpaired) electrons. The minimum Gasteiger partial charge on any atom is -0.496 e. The molecule has 0 aliphatic carbocycles. The Labute approximate surface area is 113 Å². The molecule has 0 heterocycles. The summed E-state index contributed by atoms with van der Waals surface area (Å²) in [5.74, 6) is 2.60. The third kappa shape index (κ3) is 4.08. The fourth-order valence-electron chi connectivity index (χ4n) is 1.63. The first-order valence-corrected chi connectivity index (χ1v) is 6.82. The highest BCUT2D eigenvalue weighted by atomic mass is 32.2. The van der Waals surface area contributed by atoms with E-state index in [1.807, 2.05) is 12.1 Å². The number of nitrogens with two attached hydrogens (primary N) is 1. The van der Waals surface area contributed by atoms with Crippen molar-refractivity contribution < 1.29 is 14.2 Å². The normalized spacial score (nSPS) is 10.4. The second-order valence-electron chi connectivity index (χ2n) is 3.69. The number of hydrogen-bond donors (Lipinski definition) is 1. The lowest BCUT2D eigenvalue weighted by molar-refractivity contribution is 0.218. The Morgan fingerprint density at radius 2 is 1.83 bits per heavy atom. The molecule has 18 heavy (non-hydrogen) atoms. The lowest BCUT2D eigenvalue weighted by Gasteiger charge is -2.14. The van der Waals surface area contributed by atoms with E-state index < -0.39 is 0 Å². The molecule has 0 spiro atoms. The fraction of sp³-hybridized carbons (Fsp3) is 0.538. The van der Waals surface area contributed by atoms with Crippen LogP contribution in [-0.2, 0) is 11.2 Å². The molecule has 0 aliphatic heterocycles. The molecule has 0 saturated heterocycles. The SMILES string of the molecule is COCCSc1cc(OC)c(CCN)cc1OC. The molecule has 0 aromatic heterocycles. The van der Waals surface area contributed by atoms with Gasteiger partial charge in [-0.15, -0.1) is 11.8 Å². The summed E-state index contributed by atoms with van der Waals surface area (Å²) in [6.45, 7) is 1.30. The maximum atomic E-state index is 5.59. The van der Waals surface area contributed by atoms with Crippen LogP contribution in [0.4, 0.5) is 0 Å². The highest BCUT2D eigenvalue weighted by Crippen LogP contribution is 2.35. The predicted octanol–water partition coefficient (Wildman–Crippen LogP) is 1.94. The number of hydrogen-bond acceptors (Lipinski definition) is 5. The predicted molar refractivity (Wildman–Crippen MR) is 74.9 cm³/mol. The smallest absolute Gasteiger partial charge is 0.132 e. The Balaban J connectivity index is 2.94. The van der Waals surface area contributed by atoms with E-state index in [1.165, 1.54) is 0 Å².